The molecule has 1 fully saturated rings. The van der Waals surface area contributed by atoms with Crippen LogP contribution in [0.2, 0.25) is 0 Å². The normalized spacial score (nSPS) is 18.3. The van der Waals surface area contributed by atoms with Gasteiger partial charge < -0.3 is 16.0 Å². The van der Waals surface area contributed by atoms with Gasteiger partial charge in [-0.2, -0.15) is 0 Å². The van der Waals surface area contributed by atoms with Crippen LogP contribution in [0, 0.1) is 0 Å². The Kier molecular flexibility index (Phi) is 5.63. The number of hydrogen-bond donors (Lipinski definition) is 2. The number of aryl methyl sites for hydroxylation is 1. The minimum atomic E-state index is 0.437. The second-order valence-corrected chi connectivity index (χ2v) is 6.08. The van der Waals surface area contributed by atoms with Gasteiger partial charge in [0.15, 0.2) is 0 Å². The van der Waals surface area contributed by atoms with E-state index < -0.39 is 0 Å². The molecule has 0 radical (unpaired) electrons. The molecule has 2 rings (SSSR count). The average molecular weight is 267 g/mol. The lowest BCUT2D eigenvalue weighted by molar-refractivity contribution is 0.213. The number of nitrogens with two attached hydrogens (primary N) is 1. The molecule has 0 unspecified atom stereocenters. The van der Waals surface area contributed by atoms with E-state index >= 15 is 0 Å². The largest absolute Gasteiger partial charge is 0.328 e. The fourth-order valence-corrected chi connectivity index (χ4v) is 3.40. The fourth-order valence-electron chi connectivity index (χ4n) is 2.45. The third-order valence-electron chi connectivity index (χ3n) is 3.74. The molecule has 0 aliphatic carbocycles. The van der Waals surface area contributed by atoms with E-state index in [2.05, 4.69) is 28.6 Å². The van der Waals surface area contributed by atoms with Crippen LogP contribution in [0.5, 0.6) is 0 Å². The lowest BCUT2D eigenvalue weighted by Crippen LogP contribution is -2.42. The van der Waals surface area contributed by atoms with Crippen LogP contribution in [-0.4, -0.2) is 37.1 Å². The summed E-state index contributed by atoms with van der Waals surface area (Å²) in [6.45, 7) is 7.82. The molecule has 0 atom stereocenters. The van der Waals surface area contributed by atoms with Gasteiger partial charge in [0.2, 0.25) is 0 Å². The smallest absolute Gasteiger partial charge is 0.0303 e. The first kappa shape index (κ1) is 14.0. The van der Waals surface area contributed by atoms with Crippen molar-refractivity contribution >= 4 is 11.3 Å². The zero-order chi connectivity index (χ0) is 12.8. The summed E-state index contributed by atoms with van der Waals surface area (Å²) in [6.07, 6.45) is 3.46. The molecule has 1 aromatic heterocycles. The first-order valence-electron chi connectivity index (χ1n) is 7.03. The third kappa shape index (κ3) is 4.05. The number of rotatable bonds is 6. The van der Waals surface area contributed by atoms with Gasteiger partial charge in [0.1, 0.15) is 0 Å². The van der Waals surface area contributed by atoms with E-state index in [0.29, 0.717) is 6.04 Å². The molecular weight excluding hydrogens is 242 g/mol. The van der Waals surface area contributed by atoms with Crippen LogP contribution in [0.15, 0.2) is 11.4 Å². The highest BCUT2D eigenvalue weighted by molar-refractivity contribution is 7.10. The van der Waals surface area contributed by atoms with Crippen molar-refractivity contribution in [3.8, 4) is 0 Å². The van der Waals surface area contributed by atoms with E-state index in [1.54, 1.807) is 0 Å². The predicted octanol–water partition coefficient (Wildman–Crippen LogP) is 1.82. The molecular formula is C14H25N3S. The van der Waals surface area contributed by atoms with Gasteiger partial charge in [-0.25, -0.2) is 0 Å². The third-order valence-corrected chi connectivity index (χ3v) is 4.70. The summed E-state index contributed by atoms with van der Waals surface area (Å²) in [5.41, 5.74) is 7.40. The zero-order valence-corrected chi connectivity index (χ0v) is 12.1. The Labute approximate surface area is 114 Å². The van der Waals surface area contributed by atoms with Crippen molar-refractivity contribution in [3.05, 3.63) is 21.9 Å². The molecule has 0 spiro atoms. The lowest BCUT2D eigenvalue weighted by atomic mass is 10.1. The standard InChI is InChI=1S/C14H25N3S/c1-2-12-5-10-18-14(12)11-16-6-9-17-7-3-13(15)4-8-17/h5,10,13,16H,2-4,6-9,11,15H2,1H3. The van der Waals surface area contributed by atoms with Crippen molar-refractivity contribution < 1.29 is 0 Å². The lowest BCUT2D eigenvalue weighted by Gasteiger charge is -2.29. The molecule has 0 bridgehead atoms. The summed E-state index contributed by atoms with van der Waals surface area (Å²) in [6, 6.07) is 2.68. The Balaban J connectivity index is 1.61. The number of nitrogens with one attached hydrogen (secondary N) is 1. The van der Waals surface area contributed by atoms with Crippen molar-refractivity contribution in [1.29, 1.82) is 0 Å². The molecule has 3 N–H and O–H groups in total. The zero-order valence-electron chi connectivity index (χ0n) is 11.3. The van der Waals surface area contributed by atoms with E-state index in [1.807, 2.05) is 11.3 Å². The van der Waals surface area contributed by atoms with Crippen LogP contribution in [0.4, 0.5) is 0 Å². The van der Waals surface area contributed by atoms with Crippen molar-refractivity contribution in [2.75, 3.05) is 26.2 Å². The average Bonchev–Trinajstić information content (AvgIpc) is 2.84. The van der Waals surface area contributed by atoms with E-state index in [1.165, 1.54) is 23.5 Å². The SMILES string of the molecule is CCc1ccsc1CNCCN1CCC(N)CC1. The molecule has 2 heterocycles. The summed E-state index contributed by atoms with van der Waals surface area (Å²) >= 11 is 1.87. The molecule has 0 amide bonds. The van der Waals surface area contributed by atoms with Crippen LogP contribution in [0.3, 0.4) is 0 Å². The quantitative estimate of drug-likeness (QED) is 0.773. The van der Waals surface area contributed by atoms with Crippen molar-refractivity contribution in [1.82, 2.24) is 10.2 Å². The van der Waals surface area contributed by atoms with E-state index in [-0.39, 0.29) is 0 Å². The van der Waals surface area contributed by atoms with Crippen LogP contribution in [0.25, 0.3) is 0 Å². The van der Waals surface area contributed by atoms with Gasteiger partial charge in [0, 0.05) is 30.6 Å². The predicted molar refractivity (Wildman–Crippen MR) is 79.1 cm³/mol. The highest BCUT2D eigenvalue weighted by atomic mass is 32.1. The van der Waals surface area contributed by atoms with Gasteiger partial charge in [0.05, 0.1) is 0 Å². The van der Waals surface area contributed by atoms with E-state index in [9.17, 15) is 0 Å². The molecule has 102 valence electrons. The Morgan fingerprint density at radius 3 is 2.94 bits per heavy atom. The first-order valence-corrected chi connectivity index (χ1v) is 7.91. The first-order chi connectivity index (χ1) is 8.79. The van der Waals surface area contributed by atoms with Crippen molar-refractivity contribution in [3.63, 3.8) is 0 Å². The maximum absolute atomic E-state index is 5.91. The van der Waals surface area contributed by atoms with Gasteiger partial charge in [-0.1, -0.05) is 6.92 Å². The summed E-state index contributed by atoms with van der Waals surface area (Å²) in [5, 5.41) is 5.75. The van der Waals surface area contributed by atoms with Gasteiger partial charge in [-0.05, 0) is 49.4 Å². The number of thiophene rings is 1. The highest BCUT2D eigenvalue weighted by Gasteiger charge is 2.14. The van der Waals surface area contributed by atoms with Crippen LogP contribution in [0.1, 0.15) is 30.2 Å². The number of hydrogen-bond acceptors (Lipinski definition) is 4. The Morgan fingerprint density at radius 1 is 1.44 bits per heavy atom. The summed E-state index contributed by atoms with van der Waals surface area (Å²) < 4.78 is 0. The summed E-state index contributed by atoms with van der Waals surface area (Å²) in [7, 11) is 0. The van der Waals surface area contributed by atoms with Crippen LogP contribution >= 0.6 is 11.3 Å². The fraction of sp³-hybridized carbons (Fsp3) is 0.714. The summed E-state index contributed by atoms with van der Waals surface area (Å²) in [5.74, 6) is 0. The maximum Gasteiger partial charge on any atom is 0.0303 e. The molecule has 1 saturated heterocycles. The second-order valence-electron chi connectivity index (χ2n) is 5.08. The molecule has 0 aromatic carbocycles. The van der Waals surface area contributed by atoms with Gasteiger partial charge in [-0.3, -0.25) is 0 Å². The Morgan fingerprint density at radius 2 is 2.22 bits per heavy atom. The molecule has 1 aliphatic rings. The Hall–Kier alpha value is -0.420. The minimum Gasteiger partial charge on any atom is -0.328 e. The monoisotopic (exact) mass is 267 g/mol. The minimum absolute atomic E-state index is 0.437. The molecule has 18 heavy (non-hydrogen) atoms. The molecule has 1 aromatic rings. The molecule has 0 saturated carbocycles. The highest BCUT2D eigenvalue weighted by Crippen LogP contribution is 2.16. The molecule has 3 nitrogen and oxygen atoms in total. The van der Waals surface area contributed by atoms with Gasteiger partial charge in [0.25, 0.3) is 0 Å². The number of likely N-dealkylation sites (tertiary alicyclic amines) is 1. The second kappa shape index (κ2) is 7.24. The van der Waals surface area contributed by atoms with Gasteiger partial charge in [-0.15, -0.1) is 11.3 Å². The number of nitrogens with zero attached hydrogens (tertiary/aromatic N) is 1. The van der Waals surface area contributed by atoms with Crippen LogP contribution in [-0.2, 0) is 13.0 Å². The maximum atomic E-state index is 5.91. The number of piperidine rings is 1. The molecule has 4 heteroatoms. The van der Waals surface area contributed by atoms with E-state index in [0.717, 1.165) is 38.9 Å². The van der Waals surface area contributed by atoms with Crippen molar-refractivity contribution in [2.24, 2.45) is 5.73 Å². The summed E-state index contributed by atoms with van der Waals surface area (Å²) in [4.78, 5) is 4.02. The van der Waals surface area contributed by atoms with E-state index in [4.69, 9.17) is 5.73 Å². The van der Waals surface area contributed by atoms with Crippen LogP contribution < -0.4 is 11.1 Å². The van der Waals surface area contributed by atoms with Crippen molar-refractivity contribution in [2.45, 2.75) is 38.8 Å². The van der Waals surface area contributed by atoms with Gasteiger partial charge >= 0.3 is 0 Å². The Bertz CT molecular complexity index is 343. The molecule has 1 aliphatic heterocycles. The topological polar surface area (TPSA) is 41.3 Å².